The molecule has 32 heavy (non-hydrogen) atoms. The molecule has 0 spiro atoms. The first-order valence-corrected chi connectivity index (χ1v) is 11.3. The van der Waals surface area contributed by atoms with Crippen molar-refractivity contribution >= 4 is 23.6 Å². The van der Waals surface area contributed by atoms with Crippen LogP contribution in [0.3, 0.4) is 0 Å². The second kappa shape index (κ2) is 12.0. The molecule has 0 saturated carbocycles. The van der Waals surface area contributed by atoms with E-state index in [0.717, 1.165) is 28.2 Å². The Hall–Kier alpha value is -3.25. The Bertz CT molecular complexity index is 1020. The van der Waals surface area contributed by atoms with Crippen LogP contribution in [0.15, 0.2) is 83.8 Å². The highest BCUT2D eigenvalue weighted by molar-refractivity contribution is 7.99. The zero-order valence-corrected chi connectivity index (χ0v) is 19.1. The Morgan fingerprint density at radius 1 is 0.875 bits per heavy atom. The topological polar surface area (TPSA) is 55.8 Å². The van der Waals surface area contributed by atoms with Gasteiger partial charge >= 0.3 is 5.97 Å². The van der Waals surface area contributed by atoms with Gasteiger partial charge in [-0.05, 0) is 41.8 Å². The van der Waals surface area contributed by atoms with Crippen LogP contribution < -0.4 is 4.74 Å². The number of amides is 1. The van der Waals surface area contributed by atoms with Gasteiger partial charge in [0.25, 0.3) is 5.91 Å². The number of methoxy groups -OCH3 is 1. The molecule has 1 amide bonds. The van der Waals surface area contributed by atoms with Gasteiger partial charge in [0.15, 0.2) is 6.61 Å². The number of hydrogen-bond donors (Lipinski definition) is 0. The van der Waals surface area contributed by atoms with Gasteiger partial charge in [0.2, 0.25) is 0 Å². The third-order valence-electron chi connectivity index (χ3n) is 4.91. The Balaban J connectivity index is 1.44. The molecule has 3 aromatic carbocycles. The van der Waals surface area contributed by atoms with Crippen molar-refractivity contribution in [3.05, 3.63) is 95.6 Å². The summed E-state index contributed by atoms with van der Waals surface area (Å²) in [6.07, 6.45) is 0.846. The normalized spacial score (nSPS) is 10.4. The van der Waals surface area contributed by atoms with E-state index in [2.05, 4.69) is 0 Å². The fraction of sp³-hybridized carbons (Fsp3) is 0.231. The number of esters is 1. The number of likely N-dealkylation sites (N-methyl/N-ethyl adjacent to an activating group) is 1. The van der Waals surface area contributed by atoms with Gasteiger partial charge in [-0.1, -0.05) is 54.6 Å². The predicted octanol–water partition coefficient (Wildman–Crippen LogP) is 4.85. The number of thioether (sulfide) groups is 1. The summed E-state index contributed by atoms with van der Waals surface area (Å²) in [6.45, 7) is 0.557. The maximum atomic E-state index is 12.3. The van der Waals surface area contributed by atoms with E-state index in [0.29, 0.717) is 17.9 Å². The fourth-order valence-corrected chi connectivity index (χ4v) is 4.14. The van der Waals surface area contributed by atoms with Crippen LogP contribution in [0.4, 0.5) is 0 Å². The lowest BCUT2D eigenvalue weighted by atomic mass is 10.2. The quantitative estimate of drug-likeness (QED) is 0.327. The number of aryl methyl sites for hydroxylation is 1. The maximum Gasteiger partial charge on any atom is 0.338 e. The first-order chi connectivity index (χ1) is 15.6. The van der Waals surface area contributed by atoms with E-state index in [1.807, 2.05) is 72.8 Å². The minimum atomic E-state index is -0.321. The molecule has 0 radical (unpaired) electrons. The molecule has 0 N–H and O–H groups in total. The van der Waals surface area contributed by atoms with Gasteiger partial charge in [0.1, 0.15) is 5.75 Å². The Labute approximate surface area is 193 Å². The molecule has 0 bridgehead atoms. The van der Waals surface area contributed by atoms with Crippen LogP contribution in [-0.4, -0.2) is 43.3 Å². The van der Waals surface area contributed by atoms with Gasteiger partial charge in [0.05, 0.1) is 12.7 Å². The maximum absolute atomic E-state index is 12.3. The molecule has 166 valence electrons. The molecule has 0 aliphatic heterocycles. The molecule has 0 fully saturated rings. The lowest BCUT2D eigenvalue weighted by molar-refractivity contribution is -0.132. The zero-order valence-electron chi connectivity index (χ0n) is 18.3. The third kappa shape index (κ3) is 6.89. The highest BCUT2D eigenvalue weighted by Gasteiger charge is 2.12. The van der Waals surface area contributed by atoms with Crippen molar-refractivity contribution in [3.63, 3.8) is 0 Å². The summed E-state index contributed by atoms with van der Waals surface area (Å²) in [5.41, 5.74) is 2.83. The van der Waals surface area contributed by atoms with Crippen molar-refractivity contribution in [1.29, 1.82) is 0 Å². The smallest absolute Gasteiger partial charge is 0.338 e. The minimum absolute atomic E-state index is 0.00282. The standard InChI is InChI=1S/C26H27NO4S/c1-27(18-21-8-4-3-5-9-21)25(28)19-31-22-14-12-20(13-15-22)16-17-32-24-11-7-6-10-23(24)26(29)30-2/h3-15H,16-19H2,1-2H3. The lowest BCUT2D eigenvalue weighted by Gasteiger charge is -2.17. The van der Waals surface area contributed by atoms with E-state index in [1.165, 1.54) is 7.11 Å². The molecule has 0 aliphatic carbocycles. The summed E-state index contributed by atoms with van der Waals surface area (Å²) in [5, 5.41) is 0. The molecule has 0 atom stereocenters. The zero-order chi connectivity index (χ0) is 22.8. The van der Waals surface area contributed by atoms with Crippen LogP contribution in [0.5, 0.6) is 5.75 Å². The first-order valence-electron chi connectivity index (χ1n) is 10.4. The summed E-state index contributed by atoms with van der Waals surface area (Å²) in [4.78, 5) is 26.8. The lowest BCUT2D eigenvalue weighted by Crippen LogP contribution is -2.30. The summed E-state index contributed by atoms with van der Waals surface area (Å²) >= 11 is 1.63. The number of carbonyl (C=O) groups is 2. The van der Waals surface area contributed by atoms with Crippen molar-refractivity contribution in [2.75, 3.05) is 26.5 Å². The van der Waals surface area contributed by atoms with Crippen LogP contribution in [0.2, 0.25) is 0 Å². The molecular weight excluding hydrogens is 422 g/mol. The van der Waals surface area contributed by atoms with Crippen LogP contribution >= 0.6 is 11.8 Å². The van der Waals surface area contributed by atoms with Crippen LogP contribution in [-0.2, 0) is 22.5 Å². The average molecular weight is 450 g/mol. The van der Waals surface area contributed by atoms with Crippen molar-refractivity contribution in [2.45, 2.75) is 17.9 Å². The highest BCUT2D eigenvalue weighted by atomic mass is 32.2. The SMILES string of the molecule is COC(=O)c1ccccc1SCCc1ccc(OCC(=O)N(C)Cc2ccccc2)cc1. The van der Waals surface area contributed by atoms with Gasteiger partial charge in [-0.3, -0.25) is 4.79 Å². The van der Waals surface area contributed by atoms with Crippen molar-refractivity contribution in [2.24, 2.45) is 0 Å². The predicted molar refractivity (Wildman–Crippen MR) is 127 cm³/mol. The van der Waals surface area contributed by atoms with Crippen molar-refractivity contribution < 1.29 is 19.1 Å². The van der Waals surface area contributed by atoms with Crippen LogP contribution in [0.25, 0.3) is 0 Å². The van der Waals surface area contributed by atoms with E-state index in [4.69, 9.17) is 9.47 Å². The summed E-state index contributed by atoms with van der Waals surface area (Å²) in [6, 6.07) is 25.1. The van der Waals surface area contributed by atoms with E-state index < -0.39 is 0 Å². The number of rotatable bonds is 10. The molecule has 0 aliphatic rings. The number of nitrogens with zero attached hydrogens (tertiary/aromatic N) is 1. The summed E-state index contributed by atoms with van der Waals surface area (Å²) in [5.74, 6) is 1.10. The second-order valence-corrected chi connectivity index (χ2v) is 8.39. The van der Waals surface area contributed by atoms with Gasteiger partial charge in [-0.15, -0.1) is 11.8 Å². The van der Waals surface area contributed by atoms with Gasteiger partial charge in [-0.2, -0.15) is 0 Å². The van der Waals surface area contributed by atoms with Crippen molar-refractivity contribution in [1.82, 2.24) is 4.90 Å². The van der Waals surface area contributed by atoms with Crippen LogP contribution in [0, 0.1) is 0 Å². The van der Waals surface area contributed by atoms with E-state index in [1.54, 1.807) is 29.8 Å². The van der Waals surface area contributed by atoms with E-state index in [-0.39, 0.29) is 18.5 Å². The first kappa shape index (κ1) is 23.4. The Morgan fingerprint density at radius 2 is 1.56 bits per heavy atom. The number of carbonyl (C=O) groups excluding carboxylic acids is 2. The molecule has 0 heterocycles. The monoisotopic (exact) mass is 449 g/mol. The summed E-state index contributed by atoms with van der Waals surface area (Å²) < 4.78 is 10.5. The molecule has 0 saturated heterocycles. The number of benzene rings is 3. The Morgan fingerprint density at radius 3 is 2.28 bits per heavy atom. The molecule has 0 unspecified atom stereocenters. The van der Waals surface area contributed by atoms with Crippen molar-refractivity contribution in [3.8, 4) is 5.75 Å². The second-order valence-electron chi connectivity index (χ2n) is 7.25. The largest absolute Gasteiger partial charge is 0.484 e. The molecule has 3 aromatic rings. The highest BCUT2D eigenvalue weighted by Crippen LogP contribution is 2.24. The molecule has 5 nitrogen and oxygen atoms in total. The van der Waals surface area contributed by atoms with E-state index >= 15 is 0 Å². The number of hydrogen-bond acceptors (Lipinski definition) is 5. The van der Waals surface area contributed by atoms with E-state index in [9.17, 15) is 9.59 Å². The van der Waals surface area contributed by atoms with Gasteiger partial charge in [-0.25, -0.2) is 4.79 Å². The van der Waals surface area contributed by atoms with Gasteiger partial charge < -0.3 is 14.4 Å². The number of ether oxygens (including phenoxy) is 2. The minimum Gasteiger partial charge on any atom is -0.484 e. The van der Waals surface area contributed by atoms with Gasteiger partial charge in [0, 0.05) is 24.2 Å². The summed E-state index contributed by atoms with van der Waals surface area (Å²) in [7, 11) is 3.17. The fourth-order valence-electron chi connectivity index (χ4n) is 3.10. The molecule has 0 aromatic heterocycles. The third-order valence-corrected chi connectivity index (χ3v) is 5.99. The molecule has 3 rings (SSSR count). The molecule has 6 heteroatoms. The average Bonchev–Trinajstić information content (AvgIpc) is 2.83. The Kier molecular flexibility index (Phi) is 8.75. The van der Waals surface area contributed by atoms with Crippen LogP contribution in [0.1, 0.15) is 21.5 Å². The molecular formula is C26H27NO4S.